The summed E-state index contributed by atoms with van der Waals surface area (Å²) in [6.07, 6.45) is -4.75. The Hall–Kier alpha value is -3.05. The quantitative estimate of drug-likeness (QED) is 0.571. The molecule has 8 nitrogen and oxygen atoms in total. The van der Waals surface area contributed by atoms with Crippen LogP contribution in [0.25, 0.3) is 11.1 Å². The smallest absolute Gasteiger partial charge is 0.389 e. The molecule has 11 heteroatoms. The number of benzene rings is 1. The number of hydrogen-bond donors (Lipinski definition) is 2. The van der Waals surface area contributed by atoms with Gasteiger partial charge in [0.2, 0.25) is 0 Å². The van der Waals surface area contributed by atoms with Crippen LogP contribution in [0.5, 0.6) is 0 Å². The number of amides is 2. The normalized spacial score (nSPS) is 18.3. The lowest BCUT2D eigenvalue weighted by molar-refractivity contribution is -0.143. The summed E-state index contributed by atoms with van der Waals surface area (Å²) in [6.45, 7) is 5.49. The number of pyridine rings is 1. The zero-order chi connectivity index (χ0) is 26.6. The van der Waals surface area contributed by atoms with E-state index in [0.29, 0.717) is 38.4 Å². The van der Waals surface area contributed by atoms with Crippen LogP contribution in [-0.4, -0.2) is 86.8 Å². The molecule has 2 aliphatic rings. The Morgan fingerprint density at radius 3 is 2.68 bits per heavy atom. The van der Waals surface area contributed by atoms with Gasteiger partial charge in [-0.2, -0.15) is 13.2 Å². The van der Waals surface area contributed by atoms with Crippen molar-refractivity contribution >= 4 is 23.4 Å². The van der Waals surface area contributed by atoms with Crippen LogP contribution in [0.1, 0.15) is 18.4 Å². The van der Waals surface area contributed by atoms with Gasteiger partial charge in [-0.3, -0.25) is 0 Å². The minimum Gasteiger partial charge on any atom is -0.395 e. The molecule has 1 aromatic carbocycles. The predicted octanol–water partition coefficient (Wildman–Crippen LogP) is 4.13. The Labute approximate surface area is 215 Å². The first-order chi connectivity index (χ1) is 17.6. The lowest BCUT2D eigenvalue weighted by atomic mass is 10.00. The number of aromatic nitrogens is 1. The van der Waals surface area contributed by atoms with Gasteiger partial charge in [0.05, 0.1) is 19.8 Å². The number of halogens is 3. The Balaban J connectivity index is 1.57. The van der Waals surface area contributed by atoms with Crippen molar-refractivity contribution in [3.8, 4) is 11.1 Å². The minimum absolute atomic E-state index is 0.00380. The number of likely N-dealkylation sites (tertiary alicyclic amines) is 1. The highest BCUT2D eigenvalue weighted by atomic mass is 19.4. The van der Waals surface area contributed by atoms with Crippen LogP contribution in [-0.2, 0) is 4.74 Å². The summed E-state index contributed by atoms with van der Waals surface area (Å²) in [5.41, 5.74) is 3.39. The highest BCUT2D eigenvalue weighted by Crippen LogP contribution is 2.33. The fourth-order valence-corrected chi connectivity index (χ4v) is 4.80. The monoisotopic (exact) mass is 521 g/mol. The molecule has 1 atom stereocenters. The van der Waals surface area contributed by atoms with Gasteiger partial charge in [0.1, 0.15) is 11.6 Å². The maximum Gasteiger partial charge on any atom is 0.389 e. The van der Waals surface area contributed by atoms with Crippen LogP contribution in [0.15, 0.2) is 30.3 Å². The topological polar surface area (TPSA) is 81.2 Å². The molecule has 1 aromatic heterocycles. The third-order valence-electron chi connectivity index (χ3n) is 6.85. The van der Waals surface area contributed by atoms with Crippen LogP contribution < -0.4 is 15.1 Å². The van der Waals surface area contributed by atoms with E-state index in [9.17, 15) is 23.1 Å². The largest absolute Gasteiger partial charge is 0.395 e. The Morgan fingerprint density at radius 1 is 1.22 bits per heavy atom. The second-order valence-corrected chi connectivity index (χ2v) is 9.70. The van der Waals surface area contributed by atoms with E-state index in [2.05, 4.69) is 10.2 Å². The molecule has 2 aliphatic heterocycles. The van der Waals surface area contributed by atoms with Crippen molar-refractivity contribution in [3.63, 3.8) is 0 Å². The van der Waals surface area contributed by atoms with E-state index in [-0.39, 0.29) is 13.2 Å². The molecule has 0 aliphatic carbocycles. The van der Waals surface area contributed by atoms with Crippen LogP contribution >= 0.6 is 0 Å². The van der Waals surface area contributed by atoms with Gasteiger partial charge >= 0.3 is 12.2 Å². The number of aryl methyl sites for hydroxylation is 1. The molecular formula is C26H34F3N5O3. The van der Waals surface area contributed by atoms with Gasteiger partial charge in [-0.15, -0.1) is 0 Å². The zero-order valence-corrected chi connectivity index (χ0v) is 21.2. The van der Waals surface area contributed by atoms with Gasteiger partial charge in [0.15, 0.2) is 0 Å². The van der Waals surface area contributed by atoms with Crippen molar-refractivity contribution in [2.75, 3.05) is 74.7 Å². The number of carbonyl (C=O) groups is 1. The first kappa shape index (κ1) is 27.0. The van der Waals surface area contributed by atoms with Gasteiger partial charge in [0, 0.05) is 51.9 Å². The number of hydrogen-bond acceptors (Lipinski definition) is 6. The van der Waals surface area contributed by atoms with Crippen LogP contribution in [0.4, 0.5) is 35.3 Å². The minimum atomic E-state index is -4.22. The molecule has 4 rings (SSSR count). The van der Waals surface area contributed by atoms with Crippen LogP contribution in [0.2, 0.25) is 0 Å². The van der Waals surface area contributed by atoms with E-state index in [1.807, 2.05) is 43.1 Å². The number of ether oxygens (including phenoxy) is 1. The first-order valence-corrected chi connectivity index (χ1v) is 12.5. The third kappa shape index (κ3) is 7.04. The number of aliphatic hydroxyl groups is 1. The fraction of sp³-hybridized carbons (Fsp3) is 0.538. The van der Waals surface area contributed by atoms with Gasteiger partial charge in [-0.25, -0.2) is 9.78 Å². The van der Waals surface area contributed by atoms with E-state index in [1.165, 1.54) is 4.90 Å². The SMILES string of the molecule is Cc1ccc(NC(=O)N2CC[C@@H](CC(F)(F)F)C2)cc1-c1cc(N(C)CCO)nc(N2CCOCC2)c1. The summed E-state index contributed by atoms with van der Waals surface area (Å²) in [7, 11) is 1.87. The van der Waals surface area contributed by atoms with Gasteiger partial charge in [-0.1, -0.05) is 6.07 Å². The predicted molar refractivity (Wildman–Crippen MR) is 137 cm³/mol. The molecule has 0 unspecified atom stereocenters. The molecule has 0 radical (unpaired) electrons. The maximum absolute atomic E-state index is 12.8. The molecule has 0 bridgehead atoms. The summed E-state index contributed by atoms with van der Waals surface area (Å²) >= 11 is 0. The fourth-order valence-electron chi connectivity index (χ4n) is 4.80. The summed E-state index contributed by atoms with van der Waals surface area (Å²) < 4.78 is 43.7. The molecule has 2 amide bonds. The van der Waals surface area contributed by atoms with Crippen molar-refractivity contribution < 1.29 is 27.8 Å². The molecule has 2 aromatic rings. The number of alkyl halides is 3. The lowest BCUT2D eigenvalue weighted by Crippen LogP contribution is -2.37. The van der Waals surface area contributed by atoms with Crippen LogP contribution in [0, 0.1) is 12.8 Å². The van der Waals surface area contributed by atoms with E-state index in [0.717, 1.165) is 41.4 Å². The summed E-state index contributed by atoms with van der Waals surface area (Å²) in [5, 5.41) is 12.3. The van der Waals surface area contributed by atoms with E-state index >= 15 is 0 Å². The second kappa shape index (κ2) is 11.6. The standard InChI is InChI=1S/C26H34F3N5O3/c1-18-3-4-21(30-25(36)34-6-5-19(17-34)16-26(27,28)29)15-22(18)20-13-23(32(2)7-10-35)31-24(14-20)33-8-11-37-12-9-33/h3-4,13-15,19,35H,5-12,16-17H2,1-2H3,(H,30,36)/t19-/m0/s1. The van der Waals surface area contributed by atoms with Crippen molar-refractivity contribution in [2.24, 2.45) is 5.92 Å². The highest BCUT2D eigenvalue weighted by Gasteiger charge is 2.36. The summed E-state index contributed by atoms with van der Waals surface area (Å²) in [5.74, 6) is 0.959. The molecule has 202 valence electrons. The first-order valence-electron chi connectivity index (χ1n) is 12.5. The van der Waals surface area contributed by atoms with Crippen LogP contribution in [0.3, 0.4) is 0 Å². The number of carbonyl (C=O) groups excluding carboxylic acids is 1. The summed E-state index contributed by atoms with van der Waals surface area (Å²) in [6, 6.07) is 9.15. The summed E-state index contributed by atoms with van der Waals surface area (Å²) in [4.78, 5) is 23.1. The molecule has 3 heterocycles. The van der Waals surface area contributed by atoms with Crippen molar-refractivity contribution in [1.82, 2.24) is 9.88 Å². The van der Waals surface area contributed by atoms with E-state index in [1.54, 1.807) is 6.07 Å². The number of nitrogens with zero attached hydrogens (tertiary/aromatic N) is 4. The van der Waals surface area contributed by atoms with Gasteiger partial charge < -0.3 is 29.9 Å². The number of likely N-dealkylation sites (N-methyl/N-ethyl adjacent to an activating group) is 1. The van der Waals surface area contributed by atoms with Crippen molar-refractivity contribution in [2.45, 2.75) is 25.9 Å². The van der Waals surface area contributed by atoms with E-state index < -0.39 is 24.5 Å². The number of rotatable bonds is 7. The average molecular weight is 522 g/mol. The number of morpholine rings is 1. The van der Waals surface area contributed by atoms with Crippen molar-refractivity contribution in [3.05, 3.63) is 35.9 Å². The molecular weight excluding hydrogens is 487 g/mol. The Morgan fingerprint density at radius 2 is 1.97 bits per heavy atom. The van der Waals surface area contributed by atoms with Crippen molar-refractivity contribution in [1.29, 1.82) is 0 Å². The number of nitrogens with one attached hydrogen (secondary N) is 1. The Kier molecular flexibility index (Phi) is 8.43. The van der Waals surface area contributed by atoms with E-state index in [4.69, 9.17) is 9.72 Å². The number of aliphatic hydroxyl groups excluding tert-OH is 1. The molecule has 37 heavy (non-hydrogen) atoms. The highest BCUT2D eigenvalue weighted by molar-refractivity contribution is 5.91. The maximum atomic E-state index is 12.8. The molecule has 2 N–H and O–H groups in total. The third-order valence-corrected chi connectivity index (χ3v) is 6.85. The Bertz CT molecular complexity index is 1090. The second-order valence-electron chi connectivity index (χ2n) is 9.70. The molecule has 0 saturated carbocycles. The molecule has 2 saturated heterocycles. The average Bonchev–Trinajstić information content (AvgIpc) is 3.32. The lowest BCUT2D eigenvalue weighted by Gasteiger charge is -2.29. The van der Waals surface area contributed by atoms with Gasteiger partial charge in [-0.05, 0) is 60.2 Å². The number of anilines is 3. The number of urea groups is 1. The molecule has 2 fully saturated rings. The molecule has 0 spiro atoms. The van der Waals surface area contributed by atoms with Gasteiger partial charge in [0.25, 0.3) is 0 Å². The zero-order valence-electron chi connectivity index (χ0n) is 21.2.